The predicted octanol–water partition coefficient (Wildman–Crippen LogP) is 4.89. The molecule has 0 aromatic heterocycles. The Morgan fingerprint density at radius 1 is 1.14 bits per heavy atom. The molecule has 0 unspecified atom stereocenters. The monoisotopic (exact) mass is 493 g/mol. The van der Waals surface area contributed by atoms with E-state index in [1.165, 1.54) is 12.0 Å². The molecule has 1 amide bonds. The number of ether oxygens (including phenoxy) is 2. The van der Waals surface area contributed by atoms with Crippen molar-refractivity contribution in [1.29, 1.82) is 0 Å². The van der Waals surface area contributed by atoms with Crippen molar-refractivity contribution < 1.29 is 23.6 Å². The molecule has 4 rings (SSSR count). The Balaban J connectivity index is 1.61. The molecule has 0 aliphatic carbocycles. The fourth-order valence-electron chi connectivity index (χ4n) is 3.65. The number of thiocarbonyl (C=S) groups is 1. The summed E-state index contributed by atoms with van der Waals surface area (Å²) in [6, 6.07) is 15.6. The van der Waals surface area contributed by atoms with E-state index in [0.29, 0.717) is 22.6 Å². The van der Waals surface area contributed by atoms with Crippen LogP contribution in [0.1, 0.15) is 16.7 Å². The number of hydrogen-bond donors (Lipinski definition) is 1. The Bertz CT molecular complexity index is 1370. The summed E-state index contributed by atoms with van der Waals surface area (Å²) in [6.07, 6.45) is 1.64. The summed E-state index contributed by atoms with van der Waals surface area (Å²) in [6.45, 7) is 1.77. The summed E-state index contributed by atoms with van der Waals surface area (Å²) in [5.74, 6) is -0.689. The van der Waals surface area contributed by atoms with Gasteiger partial charge in [-0.1, -0.05) is 24.3 Å². The number of benzene rings is 3. The van der Waals surface area contributed by atoms with Crippen molar-refractivity contribution in [2.24, 2.45) is 0 Å². The van der Waals surface area contributed by atoms with E-state index in [1.807, 2.05) is 31.2 Å². The first-order valence-corrected chi connectivity index (χ1v) is 10.9. The molecule has 1 fully saturated rings. The number of anilines is 1. The van der Waals surface area contributed by atoms with Crippen LogP contribution in [0.3, 0.4) is 0 Å². The second-order valence-electron chi connectivity index (χ2n) is 7.64. The van der Waals surface area contributed by atoms with E-state index in [1.54, 1.807) is 24.3 Å². The number of rotatable bonds is 7. The third-order valence-corrected chi connectivity index (χ3v) is 5.64. The van der Waals surface area contributed by atoms with Crippen molar-refractivity contribution in [2.75, 3.05) is 12.0 Å². The van der Waals surface area contributed by atoms with Crippen molar-refractivity contribution in [3.63, 3.8) is 0 Å². The number of methoxy groups -OCH3 is 1. The van der Waals surface area contributed by atoms with Gasteiger partial charge in [0.25, 0.3) is 5.91 Å². The van der Waals surface area contributed by atoms with Crippen molar-refractivity contribution in [3.05, 3.63) is 99.0 Å². The summed E-state index contributed by atoms with van der Waals surface area (Å²) < 4.78 is 24.6. The van der Waals surface area contributed by atoms with Gasteiger partial charge in [0.15, 0.2) is 10.9 Å². The molecule has 0 atom stereocenters. The van der Waals surface area contributed by atoms with Gasteiger partial charge < -0.3 is 14.8 Å². The molecule has 1 N–H and O–H groups in total. The average Bonchev–Trinajstić information content (AvgIpc) is 3.10. The Labute approximate surface area is 205 Å². The molecule has 0 bridgehead atoms. The lowest BCUT2D eigenvalue weighted by Gasteiger charge is -2.16. The van der Waals surface area contributed by atoms with Gasteiger partial charge in [-0.25, -0.2) is 4.39 Å². The van der Waals surface area contributed by atoms with Crippen LogP contribution < -0.4 is 19.7 Å². The zero-order valence-corrected chi connectivity index (χ0v) is 19.6. The Kier molecular flexibility index (Phi) is 6.74. The van der Waals surface area contributed by atoms with Crippen molar-refractivity contribution in [2.45, 2.75) is 13.5 Å². The number of nitro groups is 1. The zero-order valence-electron chi connectivity index (χ0n) is 18.8. The molecule has 1 aliphatic rings. The minimum absolute atomic E-state index is 0.125. The van der Waals surface area contributed by atoms with Gasteiger partial charge in [-0.2, -0.15) is 0 Å². The van der Waals surface area contributed by atoms with Crippen LogP contribution in [-0.2, 0) is 11.4 Å². The molecular weight excluding hydrogens is 473 g/mol. The largest absolute Gasteiger partial charge is 0.496 e. The van der Waals surface area contributed by atoms with Crippen LogP contribution in [0.2, 0.25) is 0 Å². The van der Waals surface area contributed by atoms with Gasteiger partial charge >= 0.3 is 5.69 Å². The normalized spacial score (nSPS) is 14.3. The van der Waals surface area contributed by atoms with E-state index in [9.17, 15) is 19.3 Å². The first-order chi connectivity index (χ1) is 16.8. The molecular formula is C25H20FN3O5S. The summed E-state index contributed by atoms with van der Waals surface area (Å²) in [5.41, 5.74) is 2.72. The second-order valence-corrected chi connectivity index (χ2v) is 8.03. The van der Waals surface area contributed by atoms with Gasteiger partial charge in [-0.05, 0) is 60.6 Å². The van der Waals surface area contributed by atoms with Crippen LogP contribution in [0.4, 0.5) is 15.8 Å². The Hall–Kier alpha value is -4.31. The second kappa shape index (κ2) is 9.90. The van der Waals surface area contributed by atoms with Gasteiger partial charge in [-0.15, -0.1) is 0 Å². The van der Waals surface area contributed by atoms with Crippen LogP contribution >= 0.6 is 12.2 Å². The van der Waals surface area contributed by atoms with Crippen molar-refractivity contribution in [1.82, 2.24) is 5.32 Å². The number of hydrogen-bond acceptors (Lipinski definition) is 6. The van der Waals surface area contributed by atoms with Gasteiger partial charge in [0.05, 0.1) is 17.7 Å². The highest BCUT2D eigenvalue weighted by molar-refractivity contribution is 7.80. The minimum Gasteiger partial charge on any atom is -0.496 e. The van der Waals surface area contributed by atoms with E-state index in [2.05, 4.69) is 5.32 Å². The molecule has 1 saturated heterocycles. The van der Waals surface area contributed by atoms with Gasteiger partial charge in [0.1, 0.15) is 23.9 Å². The summed E-state index contributed by atoms with van der Waals surface area (Å²) in [7, 11) is 1.47. The molecule has 3 aromatic carbocycles. The van der Waals surface area contributed by atoms with E-state index in [0.717, 1.165) is 23.8 Å². The first-order valence-electron chi connectivity index (χ1n) is 10.4. The fraction of sp³-hybridized carbons (Fsp3) is 0.120. The van der Waals surface area contributed by atoms with Crippen LogP contribution in [0.25, 0.3) is 6.08 Å². The van der Waals surface area contributed by atoms with Crippen LogP contribution in [0.5, 0.6) is 11.5 Å². The quantitative estimate of drug-likeness (QED) is 0.217. The van der Waals surface area contributed by atoms with Crippen molar-refractivity contribution >= 4 is 40.7 Å². The number of carbonyl (C=O) groups is 1. The SMILES string of the molecule is COc1ccc(/C=C2/NC(=S)N(c3ccccc3C)C2=O)cc1COc1cc(F)ccc1[N+](=O)[O-]. The minimum atomic E-state index is -0.656. The molecule has 0 radical (unpaired) electrons. The van der Waals surface area contributed by atoms with E-state index >= 15 is 0 Å². The van der Waals surface area contributed by atoms with Crippen LogP contribution in [-0.4, -0.2) is 23.1 Å². The third-order valence-electron chi connectivity index (χ3n) is 5.35. The topological polar surface area (TPSA) is 93.9 Å². The maximum atomic E-state index is 13.6. The maximum Gasteiger partial charge on any atom is 0.311 e. The van der Waals surface area contributed by atoms with Crippen LogP contribution in [0.15, 0.2) is 66.4 Å². The summed E-state index contributed by atoms with van der Waals surface area (Å²) in [4.78, 5) is 25.1. The number of carbonyl (C=O) groups excluding carboxylic acids is 1. The van der Waals surface area contributed by atoms with Gasteiger partial charge in [0, 0.05) is 17.7 Å². The maximum absolute atomic E-state index is 13.6. The number of halogens is 1. The number of para-hydroxylation sites is 1. The molecule has 1 heterocycles. The molecule has 8 nitrogen and oxygen atoms in total. The summed E-state index contributed by atoms with van der Waals surface area (Å²) >= 11 is 5.38. The molecule has 0 saturated carbocycles. The number of aryl methyl sites for hydroxylation is 1. The lowest BCUT2D eigenvalue weighted by molar-refractivity contribution is -0.386. The summed E-state index contributed by atoms with van der Waals surface area (Å²) in [5, 5.41) is 14.5. The average molecular weight is 494 g/mol. The lowest BCUT2D eigenvalue weighted by atomic mass is 10.1. The fourth-order valence-corrected chi connectivity index (χ4v) is 3.94. The van der Waals surface area contributed by atoms with E-state index in [4.69, 9.17) is 21.7 Å². The molecule has 1 aliphatic heterocycles. The zero-order chi connectivity index (χ0) is 25.1. The van der Waals surface area contributed by atoms with E-state index < -0.39 is 10.7 Å². The van der Waals surface area contributed by atoms with Crippen LogP contribution in [0, 0.1) is 22.9 Å². The third kappa shape index (κ3) is 4.97. The number of nitro benzene ring substituents is 1. The van der Waals surface area contributed by atoms with Gasteiger partial charge in [-0.3, -0.25) is 19.8 Å². The molecule has 35 heavy (non-hydrogen) atoms. The van der Waals surface area contributed by atoms with Gasteiger partial charge in [0.2, 0.25) is 0 Å². The first kappa shape index (κ1) is 23.8. The highest BCUT2D eigenvalue weighted by atomic mass is 32.1. The van der Waals surface area contributed by atoms with E-state index in [-0.39, 0.29) is 34.8 Å². The molecule has 3 aromatic rings. The Morgan fingerprint density at radius 3 is 2.63 bits per heavy atom. The highest BCUT2D eigenvalue weighted by Gasteiger charge is 2.32. The lowest BCUT2D eigenvalue weighted by Crippen LogP contribution is -2.30. The Morgan fingerprint density at radius 2 is 1.91 bits per heavy atom. The van der Waals surface area contributed by atoms with Crippen molar-refractivity contribution in [3.8, 4) is 11.5 Å². The number of nitrogens with one attached hydrogen (secondary N) is 1. The number of nitrogens with zero attached hydrogens (tertiary/aromatic N) is 2. The number of amides is 1. The molecule has 10 heteroatoms. The standard InChI is InChI=1S/C25H20FN3O5S/c1-15-5-3-4-6-20(15)28-24(30)19(27-25(28)35)12-16-7-10-22(33-2)17(11-16)14-34-23-13-18(26)8-9-21(23)29(31)32/h3-13H,14H2,1-2H3,(H,27,35)/b19-12+. The molecule has 0 spiro atoms. The predicted molar refractivity (Wildman–Crippen MR) is 133 cm³/mol. The smallest absolute Gasteiger partial charge is 0.311 e. The molecule has 178 valence electrons. The highest BCUT2D eigenvalue weighted by Crippen LogP contribution is 2.31.